The summed E-state index contributed by atoms with van der Waals surface area (Å²) in [5, 5.41) is 0. The molecule has 0 amide bonds. The molecule has 122 valence electrons. The Hall–Kier alpha value is -2.74. The first-order valence-corrected chi connectivity index (χ1v) is 8.03. The number of pyridine rings is 1. The standard InChI is InChI=1S/C14H13NO.C8H10/c1-10-3-8-14(15-9-10)13-6-4-12(5-7-13)11(2)16;1-7-3-5-8(2)6-4-7/h3-9H,1-2H3;3-6H,1-2H3. The molecule has 0 saturated carbocycles. The molecule has 0 atom stereocenters. The van der Waals surface area contributed by atoms with Crippen molar-refractivity contribution in [2.45, 2.75) is 27.7 Å². The first kappa shape index (κ1) is 17.6. The first-order chi connectivity index (χ1) is 11.5. The molecule has 0 radical (unpaired) electrons. The maximum atomic E-state index is 11.1. The number of carbonyl (C=O) groups is 1. The third-order valence-corrected chi connectivity index (χ3v) is 3.72. The summed E-state index contributed by atoms with van der Waals surface area (Å²) in [6, 6.07) is 20.0. The van der Waals surface area contributed by atoms with E-state index in [-0.39, 0.29) is 5.78 Å². The molecular formula is C22H23NO. The highest BCUT2D eigenvalue weighted by Crippen LogP contribution is 2.17. The van der Waals surface area contributed by atoms with Crippen LogP contribution in [-0.4, -0.2) is 10.8 Å². The molecule has 0 N–H and O–H groups in total. The van der Waals surface area contributed by atoms with E-state index in [2.05, 4.69) is 43.1 Å². The maximum Gasteiger partial charge on any atom is 0.159 e. The summed E-state index contributed by atoms with van der Waals surface area (Å²) in [6.07, 6.45) is 1.84. The first-order valence-electron chi connectivity index (χ1n) is 8.03. The number of hydrogen-bond acceptors (Lipinski definition) is 2. The third kappa shape index (κ3) is 5.17. The Morgan fingerprint density at radius 2 is 1.21 bits per heavy atom. The second-order valence-corrected chi connectivity index (χ2v) is 6.01. The Kier molecular flexibility index (Phi) is 6.02. The van der Waals surface area contributed by atoms with Crippen molar-refractivity contribution in [3.63, 3.8) is 0 Å². The van der Waals surface area contributed by atoms with Gasteiger partial charge in [0.1, 0.15) is 0 Å². The van der Waals surface area contributed by atoms with Gasteiger partial charge in [0.2, 0.25) is 0 Å². The second-order valence-electron chi connectivity index (χ2n) is 6.01. The number of hydrogen-bond donors (Lipinski definition) is 0. The van der Waals surface area contributed by atoms with Gasteiger partial charge in [0.15, 0.2) is 5.78 Å². The molecular weight excluding hydrogens is 294 g/mol. The van der Waals surface area contributed by atoms with Crippen LogP contribution < -0.4 is 0 Å². The van der Waals surface area contributed by atoms with E-state index in [9.17, 15) is 4.79 Å². The summed E-state index contributed by atoms with van der Waals surface area (Å²) in [7, 11) is 0. The molecule has 0 aliphatic carbocycles. The van der Waals surface area contributed by atoms with Gasteiger partial charge in [-0.1, -0.05) is 65.7 Å². The van der Waals surface area contributed by atoms with E-state index in [1.54, 1.807) is 6.92 Å². The highest BCUT2D eigenvalue weighted by molar-refractivity contribution is 5.94. The molecule has 1 heterocycles. The average molecular weight is 317 g/mol. The normalized spacial score (nSPS) is 9.83. The molecule has 0 aliphatic rings. The van der Waals surface area contributed by atoms with Crippen molar-refractivity contribution in [2.24, 2.45) is 0 Å². The topological polar surface area (TPSA) is 30.0 Å². The number of carbonyl (C=O) groups excluding carboxylic acids is 1. The Bertz CT molecular complexity index is 764. The number of Topliss-reactive ketones (excluding diaryl/α,β-unsaturated/α-hetero) is 1. The molecule has 24 heavy (non-hydrogen) atoms. The number of nitrogens with zero attached hydrogens (tertiary/aromatic N) is 1. The van der Waals surface area contributed by atoms with Gasteiger partial charge in [-0.25, -0.2) is 0 Å². The smallest absolute Gasteiger partial charge is 0.159 e. The van der Waals surface area contributed by atoms with Crippen LogP contribution in [0, 0.1) is 20.8 Å². The zero-order chi connectivity index (χ0) is 17.5. The van der Waals surface area contributed by atoms with E-state index in [0.717, 1.165) is 22.4 Å². The molecule has 0 spiro atoms. The van der Waals surface area contributed by atoms with E-state index < -0.39 is 0 Å². The molecule has 0 aliphatic heterocycles. The van der Waals surface area contributed by atoms with Gasteiger partial charge in [0.25, 0.3) is 0 Å². The van der Waals surface area contributed by atoms with Gasteiger partial charge in [0, 0.05) is 17.3 Å². The molecule has 2 aromatic carbocycles. The van der Waals surface area contributed by atoms with E-state index in [1.165, 1.54) is 11.1 Å². The molecule has 3 rings (SSSR count). The molecule has 0 fully saturated rings. The van der Waals surface area contributed by atoms with Crippen molar-refractivity contribution < 1.29 is 4.79 Å². The minimum atomic E-state index is 0.0865. The van der Waals surface area contributed by atoms with Crippen LogP contribution in [0.25, 0.3) is 11.3 Å². The molecule has 2 heteroatoms. The lowest BCUT2D eigenvalue weighted by molar-refractivity contribution is 0.101. The van der Waals surface area contributed by atoms with Crippen molar-refractivity contribution in [2.75, 3.05) is 0 Å². The SMILES string of the molecule is CC(=O)c1ccc(-c2ccc(C)cn2)cc1.Cc1ccc(C)cc1. The fraction of sp³-hybridized carbons (Fsp3) is 0.182. The van der Waals surface area contributed by atoms with Crippen LogP contribution in [0.5, 0.6) is 0 Å². The van der Waals surface area contributed by atoms with Crippen molar-refractivity contribution in [3.8, 4) is 11.3 Å². The van der Waals surface area contributed by atoms with Crippen LogP contribution in [0.15, 0.2) is 66.9 Å². The largest absolute Gasteiger partial charge is 0.295 e. The van der Waals surface area contributed by atoms with Crippen LogP contribution in [0.4, 0.5) is 0 Å². The zero-order valence-corrected chi connectivity index (χ0v) is 14.7. The minimum absolute atomic E-state index is 0.0865. The number of aryl methyl sites for hydroxylation is 3. The van der Waals surface area contributed by atoms with Gasteiger partial charge in [-0.05, 0) is 39.3 Å². The predicted octanol–water partition coefficient (Wildman–Crippen LogP) is 5.56. The highest BCUT2D eigenvalue weighted by atomic mass is 16.1. The van der Waals surface area contributed by atoms with Gasteiger partial charge in [-0.15, -0.1) is 0 Å². The molecule has 1 aromatic heterocycles. The summed E-state index contributed by atoms with van der Waals surface area (Å²) in [4.78, 5) is 15.5. The molecule has 0 unspecified atom stereocenters. The fourth-order valence-electron chi connectivity index (χ4n) is 2.15. The van der Waals surface area contributed by atoms with E-state index >= 15 is 0 Å². The summed E-state index contributed by atoms with van der Waals surface area (Å²) in [5.74, 6) is 0.0865. The third-order valence-electron chi connectivity index (χ3n) is 3.72. The monoisotopic (exact) mass is 317 g/mol. The van der Waals surface area contributed by atoms with Crippen LogP contribution >= 0.6 is 0 Å². The van der Waals surface area contributed by atoms with Crippen LogP contribution in [-0.2, 0) is 0 Å². The highest BCUT2D eigenvalue weighted by Gasteiger charge is 2.01. The maximum absolute atomic E-state index is 11.1. The lowest BCUT2D eigenvalue weighted by atomic mass is 10.1. The summed E-state index contributed by atoms with van der Waals surface area (Å²) in [5.41, 5.74) is 6.50. The van der Waals surface area contributed by atoms with Crippen LogP contribution in [0.3, 0.4) is 0 Å². The quantitative estimate of drug-likeness (QED) is 0.579. The molecule has 2 nitrogen and oxygen atoms in total. The predicted molar refractivity (Wildman–Crippen MR) is 100 cm³/mol. The number of ketones is 1. The van der Waals surface area contributed by atoms with Crippen LogP contribution in [0.1, 0.15) is 34.0 Å². The molecule has 0 bridgehead atoms. The summed E-state index contributed by atoms with van der Waals surface area (Å²) < 4.78 is 0. The van der Waals surface area contributed by atoms with Crippen molar-refractivity contribution in [3.05, 3.63) is 89.1 Å². The number of aromatic nitrogens is 1. The lowest BCUT2D eigenvalue weighted by Crippen LogP contribution is -1.91. The van der Waals surface area contributed by atoms with E-state index in [4.69, 9.17) is 0 Å². The fourth-order valence-corrected chi connectivity index (χ4v) is 2.15. The lowest BCUT2D eigenvalue weighted by Gasteiger charge is -2.02. The summed E-state index contributed by atoms with van der Waals surface area (Å²) >= 11 is 0. The Balaban J connectivity index is 0.000000219. The van der Waals surface area contributed by atoms with E-state index in [0.29, 0.717) is 0 Å². The zero-order valence-electron chi connectivity index (χ0n) is 14.7. The summed E-state index contributed by atoms with van der Waals surface area (Å²) in [6.45, 7) is 7.77. The van der Waals surface area contributed by atoms with Gasteiger partial charge in [0.05, 0.1) is 5.69 Å². The Morgan fingerprint density at radius 3 is 1.62 bits per heavy atom. The number of rotatable bonds is 2. The van der Waals surface area contributed by atoms with Gasteiger partial charge < -0.3 is 0 Å². The Labute approximate surface area is 144 Å². The second kappa shape index (κ2) is 8.21. The van der Waals surface area contributed by atoms with Crippen molar-refractivity contribution in [1.29, 1.82) is 0 Å². The van der Waals surface area contributed by atoms with E-state index in [1.807, 2.05) is 49.5 Å². The van der Waals surface area contributed by atoms with Crippen LogP contribution in [0.2, 0.25) is 0 Å². The van der Waals surface area contributed by atoms with Gasteiger partial charge >= 0.3 is 0 Å². The van der Waals surface area contributed by atoms with Gasteiger partial charge in [-0.2, -0.15) is 0 Å². The molecule has 0 saturated heterocycles. The van der Waals surface area contributed by atoms with Gasteiger partial charge in [-0.3, -0.25) is 9.78 Å². The minimum Gasteiger partial charge on any atom is -0.295 e. The van der Waals surface area contributed by atoms with Crippen molar-refractivity contribution >= 4 is 5.78 Å². The number of benzene rings is 2. The van der Waals surface area contributed by atoms with Crippen molar-refractivity contribution in [1.82, 2.24) is 4.98 Å². The average Bonchev–Trinajstić information content (AvgIpc) is 2.59. The Morgan fingerprint density at radius 1 is 0.708 bits per heavy atom. The molecule has 3 aromatic rings.